The predicted molar refractivity (Wildman–Crippen MR) is 95.4 cm³/mol. The van der Waals surface area contributed by atoms with E-state index < -0.39 is 0 Å². The van der Waals surface area contributed by atoms with Crippen molar-refractivity contribution in [3.8, 4) is 5.75 Å². The number of carbonyl (C=O) groups excluding carboxylic acids is 1. The first-order valence-electron chi connectivity index (χ1n) is 8.20. The first-order valence-corrected chi connectivity index (χ1v) is 8.20. The lowest BCUT2D eigenvalue weighted by Gasteiger charge is -2.26. The molecule has 2 aromatic rings. The summed E-state index contributed by atoms with van der Waals surface area (Å²) in [6, 6.07) is 4.03. The maximum absolute atomic E-state index is 12.6. The van der Waals surface area contributed by atoms with E-state index in [1.165, 1.54) is 0 Å². The highest BCUT2D eigenvalue weighted by Gasteiger charge is 2.23. The number of amides is 1. The van der Waals surface area contributed by atoms with Crippen molar-refractivity contribution < 1.29 is 9.53 Å². The van der Waals surface area contributed by atoms with Crippen molar-refractivity contribution in [3.63, 3.8) is 0 Å². The summed E-state index contributed by atoms with van der Waals surface area (Å²) in [6.07, 6.45) is 0. The Hall–Kier alpha value is -2.30. The second-order valence-corrected chi connectivity index (χ2v) is 6.47. The summed E-state index contributed by atoms with van der Waals surface area (Å²) in [7, 11) is 1.80. The number of ether oxygens (including phenoxy) is 1. The minimum atomic E-state index is -0.0560. The van der Waals surface area contributed by atoms with Crippen LogP contribution in [-0.4, -0.2) is 34.7 Å². The monoisotopic (exact) mass is 329 g/mol. The molecular weight excluding hydrogens is 302 g/mol. The topological polar surface area (TPSA) is 58.2 Å². The molecule has 1 amide bonds. The molecule has 0 saturated heterocycles. The van der Waals surface area contributed by atoms with Gasteiger partial charge >= 0.3 is 0 Å². The van der Waals surface area contributed by atoms with Gasteiger partial charge in [0.1, 0.15) is 5.75 Å². The number of hydrogen-bond donors (Lipinski definition) is 1. The van der Waals surface area contributed by atoms with E-state index in [2.05, 4.69) is 16.3 Å². The number of nitrogens with zero attached hydrogens (tertiary/aromatic N) is 2. The molecule has 0 bridgehead atoms. The van der Waals surface area contributed by atoms with Gasteiger partial charge in [-0.1, -0.05) is 12.1 Å². The SMILES string of the molecule is Cc1ccc(C)c(OCC(=O)N(C)C(C)c2c(C)n[nH]c2C)c1C. The highest BCUT2D eigenvalue weighted by atomic mass is 16.5. The van der Waals surface area contributed by atoms with Crippen molar-refractivity contribution >= 4 is 5.91 Å². The third-order valence-electron chi connectivity index (χ3n) is 4.79. The van der Waals surface area contributed by atoms with E-state index in [0.717, 1.165) is 39.4 Å². The third-order valence-corrected chi connectivity index (χ3v) is 4.79. The number of likely N-dealkylation sites (N-methyl/N-ethyl adjacent to an activating group) is 1. The maximum atomic E-state index is 12.6. The number of aromatic amines is 1. The Labute approximate surface area is 144 Å². The van der Waals surface area contributed by atoms with Crippen LogP contribution in [0.3, 0.4) is 0 Å². The first-order chi connectivity index (χ1) is 11.2. The van der Waals surface area contributed by atoms with Crippen molar-refractivity contribution in [2.75, 3.05) is 13.7 Å². The molecule has 5 nitrogen and oxygen atoms in total. The zero-order valence-electron chi connectivity index (χ0n) is 15.7. The second kappa shape index (κ2) is 7.07. The number of aryl methyl sites for hydroxylation is 4. The van der Waals surface area contributed by atoms with Gasteiger partial charge in [-0.05, 0) is 58.2 Å². The van der Waals surface area contributed by atoms with Crippen molar-refractivity contribution in [3.05, 3.63) is 45.8 Å². The molecule has 1 N–H and O–H groups in total. The van der Waals surface area contributed by atoms with Crippen molar-refractivity contribution in [2.24, 2.45) is 0 Å². The number of aromatic nitrogens is 2. The molecule has 0 fully saturated rings. The van der Waals surface area contributed by atoms with E-state index in [-0.39, 0.29) is 18.6 Å². The fourth-order valence-corrected chi connectivity index (χ4v) is 2.97. The molecule has 1 unspecified atom stereocenters. The molecule has 24 heavy (non-hydrogen) atoms. The number of nitrogens with one attached hydrogen (secondary N) is 1. The molecule has 1 aromatic heterocycles. The molecule has 0 radical (unpaired) electrons. The molecule has 1 aromatic carbocycles. The zero-order valence-corrected chi connectivity index (χ0v) is 15.7. The van der Waals surface area contributed by atoms with Gasteiger partial charge in [0.05, 0.1) is 11.7 Å². The zero-order chi connectivity index (χ0) is 18.0. The number of hydrogen-bond acceptors (Lipinski definition) is 3. The van der Waals surface area contributed by atoms with Crippen LogP contribution < -0.4 is 4.74 Å². The quantitative estimate of drug-likeness (QED) is 0.912. The van der Waals surface area contributed by atoms with Crippen LogP contribution in [0.1, 0.15) is 46.6 Å². The standard InChI is InChI=1S/C19H27N3O2/c1-11-8-9-12(2)19(13(11)3)24-10-17(23)22(7)16(6)18-14(4)20-21-15(18)5/h8-9,16H,10H2,1-7H3,(H,20,21). The average molecular weight is 329 g/mol. The first kappa shape index (κ1) is 18.0. The second-order valence-electron chi connectivity index (χ2n) is 6.47. The Kier molecular flexibility index (Phi) is 5.32. The van der Waals surface area contributed by atoms with Crippen molar-refractivity contribution in [2.45, 2.75) is 47.6 Å². The van der Waals surface area contributed by atoms with Crippen molar-refractivity contribution in [1.29, 1.82) is 0 Å². The van der Waals surface area contributed by atoms with Crippen LogP contribution in [0.4, 0.5) is 0 Å². The Balaban J connectivity index is 2.09. The third kappa shape index (κ3) is 3.45. The van der Waals surface area contributed by atoms with Crippen LogP contribution in [-0.2, 0) is 4.79 Å². The number of carbonyl (C=O) groups is 1. The molecule has 5 heteroatoms. The number of H-pyrrole nitrogens is 1. The average Bonchev–Trinajstić information content (AvgIpc) is 2.88. The minimum absolute atomic E-state index is 0.0297. The smallest absolute Gasteiger partial charge is 0.260 e. The van der Waals surface area contributed by atoms with Gasteiger partial charge in [0.15, 0.2) is 6.61 Å². The van der Waals surface area contributed by atoms with Crippen LogP contribution in [0, 0.1) is 34.6 Å². The molecule has 0 saturated carbocycles. The molecule has 1 heterocycles. The molecule has 0 aliphatic rings. The number of benzene rings is 1. The molecular formula is C19H27N3O2. The predicted octanol–water partition coefficient (Wildman–Crippen LogP) is 3.55. The van der Waals surface area contributed by atoms with Crippen molar-refractivity contribution in [1.82, 2.24) is 15.1 Å². The summed E-state index contributed by atoms with van der Waals surface area (Å²) in [6.45, 7) is 12.0. The van der Waals surface area contributed by atoms with E-state index in [1.54, 1.807) is 11.9 Å². The summed E-state index contributed by atoms with van der Waals surface area (Å²) >= 11 is 0. The fraction of sp³-hybridized carbons (Fsp3) is 0.474. The Bertz CT molecular complexity index is 730. The van der Waals surface area contributed by atoms with Gasteiger partial charge < -0.3 is 9.64 Å². The van der Waals surface area contributed by atoms with Crippen LogP contribution in [0.15, 0.2) is 12.1 Å². The molecule has 2 rings (SSSR count). The van der Waals surface area contributed by atoms with E-state index in [9.17, 15) is 4.79 Å². The summed E-state index contributed by atoms with van der Waals surface area (Å²) in [5.41, 5.74) is 6.27. The largest absolute Gasteiger partial charge is 0.483 e. The van der Waals surface area contributed by atoms with Crippen LogP contribution in [0.2, 0.25) is 0 Å². The van der Waals surface area contributed by atoms with Gasteiger partial charge in [0, 0.05) is 18.3 Å². The Morgan fingerprint density at radius 3 is 2.42 bits per heavy atom. The van der Waals surface area contributed by atoms with Crippen LogP contribution >= 0.6 is 0 Å². The van der Waals surface area contributed by atoms with E-state index >= 15 is 0 Å². The molecule has 130 valence electrons. The van der Waals surface area contributed by atoms with Gasteiger partial charge in [0.25, 0.3) is 5.91 Å². The van der Waals surface area contributed by atoms with Crippen LogP contribution in [0.5, 0.6) is 5.75 Å². The number of rotatable bonds is 5. The maximum Gasteiger partial charge on any atom is 0.260 e. The van der Waals surface area contributed by atoms with Gasteiger partial charge in [0.2, 0.25) is 0 Å². The van der Waals surface area contributed by atoms with Gasteiger partial charge in [-0.2, -0.15) is 5.10 Å². The lowest BCUT2D eigenvalue weighted by molar-refractivity contribution is -0.134. The summed E-state index contributed by atoms with van der Waals surface area (Å²) in [5.74, 6) is 0.753. The Morgan fingerprint density at radius 1 is 1.21 bits per heavy atom. The molecule has 0 spiro atoms. The van der Waals surface area contributed by atoms with E-state index in [0.29, 0.717) is 0 Å². The highest BCUT2D eigenvalue weighted by Crippen LogP contribution is 2.27. The summed E-state index contributed by atoms with van der Waals surface area (Å²) in [4.78, 5) is 14.3. The lowest BCUT2D eigenvalue weighted by atomic mass is 10.1. The van der Waals surface area contributed by atoms with E-state index in [1.807, 2.05) is 47.6 Å². The molecule has 0 aliphatic heterocycles. The molecule has 0 aliphatic carbocycles. The molecule has 1 atom stereocenters. The van der Waals surface area contributed by atoms with Gasteiger partial charge in [-0.15, -0.1) is 0 Å². The lowest BCUT2D eigenvalue weighted by Crippen LogP contribution is -2.34. The summed E-state index contributed by atoms with van der Waals surface area (Å²) in [5, 5.41) is 7.18. The van der Waals surface area contributed by atoms with Gasteiger partial charge in [-0.25, -0.2) is 0 Å². The van der Waals surface area contributed by atoms with Gasteiger partial charge in [-0.3, -0.25) is 9.89 Å². The van der Waals surface area contributed by atoms with Crippen LogP contribution in [0.25, 0.3) is 0 Å². The Morgan fingerprint density at radius 2 is 1.83 bits per heavy atom. The van der Waals surface area contributed by atoms with E-state index in [4.69, 9.17) is 4.74 Å². The fourth-order valence-electron chi connectivity index (χ4n) is 2.97. The highest BCUT2D eigenvalue weighted by molar-refractivity contribution is 5.78. The normalized spacial score (nSPS) is 12.1. The minimum Gasteiger partial charge on any atom is -0.483 e. The summed E-state index contributed by atoms with van der Waals surface area (Å²) < 4.78 is 5.84.